The number of rotatable bonds is 1. The molecule has 0 aliphatic heterocycles. The third kappa shape index (κ3) is 86.0. The highest BCUT2D eigenvalue weighted by Crippen LogP contribution is 1.79. The largest absolute Gasteiger partial charge is 0.631 e. The van der Waals surface area contributed by atoms with E-state index in [2.05, 4.69) is 15.9 Å². The molecule has 0 rings (SSSR count). The van der Waals surface area contributed by atoms with Crippen molar-refractivity contribution in [1.82, 2.24) is 18.5 Å². The molecular formula is C2H13BBrN3O6. The van der Waals surface area contributed by atoms with E-state index in [0.717, 1.165) is 0 Å². The summed E-state index contributed by atoms with van der Waals surface area (Å²) >= 11 is 2.20. The van der Waals surface area contributed by atoms with Gasteiger partial charge in [0.25, 0.3) is 0 Å². The Balaban J connectivity index is -0.0000000279. The van der Waals surface area contributed by atoms with Gasteiger partial charge in [0.2, 0.25) is 0 Å². The molecule has 0 amide bonds. The Morgan fingerprint density at radius 3 is 1.08 bits per heavy atom. The van der Waals surface area contributed by atoms with E-state index in [1.165, 1.54) is 0 Å². The van der Waals surface area contributed by atoms with Gasteiger partial charge in [0.15, 0.2) is 0 Å². The molecule has 0 saturated heterocycles. The molecule has 0 aromatic rings. The third-order valence-electron chi connectivity index (χ3n) is 0.168. The summed E-state index contributed by atoms with van der Waals surface area (Å²) in [7, 11) is -2.17. The van der Waals surface area contributed by atoms with Crippen LogP contribution in [0.2, 0.25) is 0 Å². The molecule has 0 unspecified atom stereocenters. The molecule has 82 valence electrons. The maximum atomic E-state index is 9.46. The minimum atomic E-state index is -2.17. The van der Waals surface area contributed by atoms with Gasteiger partial charge < -0.3 is 38.6 Å². The summed E-state index contributed by atoms with van der Waals surface area (Å²) in [5.74, 6) is -1.46. The smallest absolute Gasteiger partial charge is 0.475 e. The number of halogens is 1. The van der Waals surface area contributed by atoms with Gasteiger partial charge in [-0.25, -0.2) is 4.79 Å². The van der Waals surface area contributed by atoms with E-state index in [4.69, 9.17) is 20.2 Å². The Morgan fingerprint density at radius 1 is 1.00 bits per heavy atom. The van der Waals surface area contributed by atoms with Crippen LogP contribution in [0.1, 0.15) is 0 Å². The summed E-state index contributed by atoms with van der Waals surface area (Å²) in [6, 6.07) is 0. The fourth-order valence-electron chi connectivity index (χ4n) is 0. The quantitative estimate of drug-likeness (QED) is 0.165. The summed E-state index contributed by atoms with van der Waals surface area (Å²) in [6.07, 6.45) is 0. The fourth-order valence-corrected chi connectivity index (χ4v) is 0. The molecule has 0 spiro atoms. The average molecular weight is 266 g/mol. The van der Waals surface area contributed by atoms with Crippen molar-refractivity contribution in [3.05, 3.63) is 0 Å². The first-order valence-electron chi connectivity index (χ1n) is 1.85. The first-order chi connectivity index (χ1) is 4.37. The molecule has 9 nitrogen and oxygen atoms in total. The van der Waals surface area contributed by atoms with Crippen LogP contribution in [0.4, 0.5) is 0 Å². The number of hydrogen-bond acceptors (Lipinski definition) is 8. The lowest BCUT2D eigenvalue weighted by Crippen LogP contribution is -2.07. The molecule has 0 aromatic carbocycles. The second-order valence-corrected chi connectivity index (χ2v) is 1.65. The minimum absolute atomic E-state index is 0. The highest BCUT2D eigenvalue weighted by molar-refractivity contribution is 9.19. The third-order valence-corrected chi connectivity index (χ3v) is 0.507. The lowest BCUT2D eigenvalue weighted by Gasteiger charge is -1.70. The highest BCUT2D eigenvalue weighted by Gasteiger charge is 2.02. The van der Waals surface area contributed by atoms with E-state index in [1.807, 2.05) is 0 Å². The lowest BCUT2D eigenvalue weighted by atomic mass is 10.3. The molecule has 13 N–H and O–H groups in total. The zero-order valence-corrected chi connectivity index (χ0v) is 8.27. The van der Waals surface area contributed by atoms with Crippen molar-refractivity contribution in [1.29, 1.82) is 0 Å². The van der Waals surface area contributed by atoms with Crippen LogP contribution in [0.5, 0.6) is 0 Å². The van der Waals surface area contributed by atoms with Gasteiger partial charge in [-0.15, -0.1) is 0 Å². The van der Waals surface area contributed by atoms with Crippen LogP contribution in [-0.4, -0.2) is 38.2 Å². The zero-order chi connectivity index (χ0) is 8.73. The fraction of sp³-hybridized carbons (Fsp3) is 0. The van der Waals surface area contributed by atoms with Crippen molar-refractivity contribution < 1.29 is 29.8 Å². The molecule has 0 aliphatic carbocycles. The highest BCUT2D eigenvalue weighted by atomic mass is 79.9. The number of carbonyl (C=O) groups is 2. The first-order valence-corrected chi connectivity index (χ1v) is 2.64. The standard InChI is InChI=1S/C2HBrO3.BH3O3.3H3N/c3-1(4)2(5)6;2-1(3)4;;;/h(H,5,6);2-4H;3*1H3. The van der Waals surface area contributed by atoms with Crippen LogP contribution in [0, 0.1) is 0 Å². The Kier molecular flexibility index (Phi) is 39.6. The first kappa shape index (κ1) is 29.4. The van der Waals surface area contributed by atoms with Crippen LogP contribution in [0.25, 0.3) is 0 Å². The van der Waals surface area contributed by atoms with E-state index in [1.54, 1.807) is 0 Å². The van der Waals surface area contributed by atoms with E-state index < -0.39 is 18.0 Å². The van der Waals surface area contributed by atoms with Gasteiger partial charge in [-0.2, -0.15) is 0 Å². The summed E-state index contributed by atoms with van der Waals surface area (Å²) < 4.78 is -1.01. The Bertz CT molecular complexity index is 118. The Morgan fingerprint density at radius 2 is 1.08 bits per heavy atom. The van der Waals surface area contributed by atoms with Crippen LogP contribution in [0.3, 0.4) is 0 Å². The van der Waals surface area contributed by atoms with Gasteiger partial charge in [0, 0.05) is 15.9 Å². The Hall–Kier alpha value is -0.555. The summed E-state index contributed by atoms with van der Waals surface area (Å²) in [6.45, 7) is 0. The molecule has 0 heterocycles. The molecule has 0 fully saturated rings. The Labute approximate surface area is 82.8 Å². The minimum Gasteiger partial charge on any atom is -0.475 e. The second kappa shape index (κ2) is 17.5. The van der Waals surface area contributed by atoms with E-state index in [9.17, 15) is 9.59 Å². The van der Waals surface area contributed by atoms with Crippen LogP contribution in [-0.2, 0) is 9.59 Å². The van der Waals surface area contributed by atoms with Gasteiger partial charge in [-0.05, 0) is 0 Å². The number of aliphatic carboxylic acids is 1. The number of carboxylic acid groups (broad SMARTS) is 1. The van der Waals surface area contributed by atoms with Gasteiger partial charge in [-0.1, -0.05) is 0 Å². The molecule has 0 bridgehead atoms. The number of carboxylic acids is 1. The SMILES string of the molecule is N.N.N.O=C(O)C(=O)Br.OB(O)O. The van der Waals surface area contributed by atoms with Crippen molar-refractivity contribution in [2.45, 2.75) is 0 Å². The normalized spacial score (nSPS) is 5.54. The molecule has 11 heteroatoms. The van der Waals surface area contributed by atoms with Gasteiger partial charge in [0.1, 0.15) is 0 Å². The van der Waals surface area contributed by atoms with Crippen molar-refractivity contribution in [3.63, 3.8) is 0 Å². The van der Waals surface area contributed by atoms with Gasteiger partial charge in [-0.3, -0.25) is 4.79 Å². The second-order valence-electron chi connectivity index (χ2n) is 0.925. The van der Waals surface area contributed by atoms with E-state index in [0.29, 0.717) is 0 Å². The molecule has 13 heavy (non-hydrogen) atoms. The number of hydrogen-bond donors (Lipinski definition) is 7. The maximum absolute atomic E-state index is 9.46. The summed E-state index contributed by atoms with van der Waals surface area (Å²) in [5.41, 5.74) is 0. The molecule has 0 aromatic heterocycles. The number of carbonyl (C=O) groups excluding carboxylic acids is 1. The van der Waals surface area contributed by atoms with Crippen LogP contribution in [0.15, 0.2) is 0 Å². The maximum Gasteiger partial charge on any atom is 0.631 e. The van der Waals surface area contributed by atoms with Crippen molar-refractivity contribution in [2.75, 3.05) is 0 Å². The average Bonchev–Trinajstić information content (AvgIpc) is 1.63. The molecular weight excluding hydrogens is 253 g/mol. The van der Waals surface area contributed by atoms with E-state index in [-0.39, 0.29) is 18.5 Å². The molecule has 0 radical (unpaired) electrons. The van der Waals surface area contributed by atoms with Crippen LogP contribution >= 0.6 is 15.9 Å². The van der Waals surface area contributed by atoms with Crippen molar-refractivity contribution >= 4 is 33.9 Å². The zero-order valence-electron chi connectivity index (χ0n) is 6.68. The summed E-state index contributed by atoms with van der Waals surface area (Å²) in [4.78, 5) is 18.8. The topological polar surface area (TPSA) is 220 Å². The predicted octanol–water partition coefficient (Wildman–Crippen LogP) is -1.57. The van der Waals surface area contributed by atoms with Crippen molar-refractivity contribution in [2.24, 2.45) is 0 Å². The lowest BCUT2D eigenvalue weighted by molar-refractivity contribution is -0.144. The summed E-state index contributed by atoms with van der Waals surface area (Å²) in [5, 5.41) is 29.1. The monoisotopic (exact) mass is 265 g/mol. The molecule has 0 saturated carbocycles. The van der Waals surface area contributed by atoms with Gasteiger partial charge >= 0.3 is 18.0 Å². The molecule has 0 atom stereocenters. The predicted molar refractivity (Wildman–Crippen MR) is 49.0 cm³/mol. The van der Waals surface area contributed by atoms with Gasteiger partial charge in [0.05, 0.1) is 0 Å². The van der Waals surface area contributed by atoms with E-state index >= 15 is 0 Å². The van der Waals surface area contributed by atoms with Crippen LogP contribution < -0.4 is 18.5 Å². The van der Waals surface area contributed by atoms with Crippen molar-refractivity contribution in [3.8, 4) is 0 Å². The molecule has 0 aliphatic rings.